The van der Waals surface area contributed by atoms with Gasteiger partial charge in [0.2, 0.25) is 5.91 Å². The molecule has 0 fully saturated rings. The van der Waals surface area contributed by atoms with Gasteiger partial charge in [-0.3, -0.25) is 9.59 Å². The first-order valence-corrected chi connectivity index (χ1v) is 14.1. The molecule has 8 nitrogen and oxygen atoms in total. The summed E-state index contributed by atoms with van der Waals surface area (Å²) in [4.78, 5) is 40.1. The number of aliphatic hydroxyl groups excluding tert-OH is 1. The molecule has 1 aliphatic heterocycles. The van der Waals surface area contributed by atoms with Crippen LogP contribution in [0.25, 0.3) is 5.57 Å². The zero-order chi connectivity index (χ0) is 29.8. The number of hydrogen-bond acceptors (Lipinski definition) is 6. The van der Waals surface area contributed by atoms with E-state index in [4.69, 9.17) is 14.6 Å². The van der Waals surface area contributed by atoms with Crippen molar-refractivity contribution in [1.82, 2.24) is 5.32 Å². The standard InChI is InChI=1S/C35H30N2O6/c38-21-23-9-13-27(14-10-23)43-35(41)24-11-15-26(16-12-24)42-22-33(39)36-18-17-34(40)37-20-25-5-1-2-6-28(25)30-19-31(30)29-7-3-4-8-32(29)37/h1-16,19,30,38H,17-18,20-22H2,(H,36,39). The summed E-state index contributed by atoms with van der Waals surface area (Å²) < 4.78 is 10.9. The van der Waals surface area contributed by atoms with Crippen LogP contribution < -0.4 is 19.7 Å². The molecule has 43 heavy (non-hydrogen) atoms. The number of anilines is 1. The van der Waals surface area contributed by atoms with Gasteiger partial charge in [-0.1, -0.05) is 60.7 Å². The second kappa shape index (κ2) is 12.3. The summed E-state index contributed by atoms with van der Waals surface area (Å²) in [5, 5.41) is 11.9. The Labute approximate surface area is 249 Å². The fourth-order valence-electron chi connectivity index (χ4n) is 5.22. The molecule has 0 saturated carbocycles. The number of benzene rings is 4. The smallest absolute Gasteiger partial charge is 0.343 e. The molecule has 0 radical (unpaired) electrons. The summed E-state index contributed by atoms with van der Waals surface area (Å²) in [7, 11) is 0. The van der Waals surface area contributed by atoms with Gasteiger partial charge in [0.25, 0.3) is 5.91 Å². The van der Waals surface area contributed by atoms with E-state index >= 15 is 0 Å². The number of carbonyl (C=O) groups excluding carboxylic acids is 3. The number of nitrogens with one attached hydrogen (secondary N) is 1. The van der Waals surface area contributed by atoms with E-state index in [9.17, 15) is 14.4 Å². The maximum absolute atomic E-state index is 13.4. The fourth-order valence-corrected chi connectivity index (χ4v) is 5.22. The van der Waals surface area contributed by atoms with Crippen LogP contribution in [-0.2, 0) is 22.7 Å². The molecule has 216 valence electrons. The number of allylic oxidation sites excluding steroid dienone is 2. The van der Waals surface area contributed by atoms with Crippen molar-refractivity contribution in [3.05, 3.63) is 131 Å². The highest BCUT2D eigenvalue weighted by Gasteiger charge is 2.35. The Morgan fingerprint density at radius 3 is 2.37 bits per heavy atom. The Bertz CT molecular complexity index is 1690. The number of hydrogen-bond donors (Lipinski definition) is 2. The lowest BCUT2D eigenvalue weighted by molar-refractivity contribution is -0.123. The van der Waals surface area contributed by atoms with E-state index < -0.39 is 5.97 Å². The minimum Gasteiger partial charge on any atom is -0.484 e. The van der Waals surface area contributed by atoms with Gasteiger partial charge in [-0.25, -0.2) is 4.79 Å². The normalized spacial score (nSPS) is 14.6. The van der Waals surface area contributed by atoms with Crippen LogP contribution in [0.1, 0.15) is 45.0 Å². The molecule has 1 aliphatic carbocycles. The van der Waals surface area contributed by atoms with Crippen LogP contribution >= 0.6 is 0 Å². The number of aliphatic hydroxyl groups is 1. The topological polar surface area (TPSA) is 105 Å². The molecular weight excluding hydrogens is 544 g/mol. The van der Waals surface area contributed by atoms with E-state index in [1.165, 1.54) is 11.1 Å². The number of amides is 2. The van der Waals surface area contributed by atoms with Gasteiger partial charge in [0.05, 0.1) is 24.4 Å². The van der Waals surface area contributed by atoms with E-state index in [0.717, 1.165) is 22.4 Å². The van der Waals surface area contributed by atoms with Gasteiger partial charge in [0.1, 0.15) is 11.5 Å². The molecule has 1 heterocycles. The van der Waals surface area contributed by atoms with Gasteiger partial charge in [-0.2, -0.15) is 0 Å². The fraction of sp³-hybridized carbons (Fsp3) is 0.171. The molecule has 1 atom stereocenters. The van der Waals surface area contributed by atoms with E-state index in [-0.39, 0.29) is 38.0 Å². The molecule has 2 amide bonds. The molecule has 6 rings (SSSR count). The molecule has 4 aromatic carbocycles. The predicted octanol–water partition coefficient (Wildman–Crippen LogP) is 5.01. The second-order valence-corrected chi connectivity index (χ2v) is 10.4. The highest BCUT2D eigenvalue weighted by atomic mass is 16.5. The highest BCUT2D eigenvalue weighted by Crippen LogP contribution is 2.51. The highest BCUT2D eigenvalue weighted by molar-refractivity contribution is 6.01. The van der Waals surface area contributed by atoms with E-state index in [0.29, 0.717) is 29.5 Å². The van der Waals surface area contributed by atoms with Crippen molar-refractivity contribution < 1.29 is 29.0 Å². The van der Waals surface area contributed by atoms with Gasteiger partial charge in [0.15, 0.2) is 6.61 Å². The van der Waals surface area contributed by atoms with Crippen molar-refractivity contribution in [2.45, 2.75) is 25.5 Å². The Morgan fingerprint density at radius 1 is 0.860 bits per heavy atom. The summed E-state index contributed by atoms with van der Waals surface area (Å²) in [5.41, 5.74) is 6.59. The monoisotopic (exact) mass is 574 g/mol. The number of ether oxygens (including phenoxy) is 2. The van der Waals surface area contributed by atoms with Crippen LogP contribution in [0.5, 0.6) is 11.5 Å². The van der Waals surface area contributed by atoms with Gasteiger partial charge in [-0.15, -0.1) is 0 Å². The van der Waals surface area contributed by atoms with Crippen LogP contribution in [0.2, 0.25) is 0 Å². The van der Waals surface area contributed by atoms with Crippen molar-refractivity contribution in [3.63, 3.8) is 0 Å². The second-order valence-electron chi connectivity index (χ2n) is 10.4. The van der Waals surface area contributed by atoms with Crippen LogP contribution in [-0.4, -0.2) is 36.0 Å². The van der Waals surface area contributed by atoms with Crippen LogP contribution in [0.15, 0.2) is 103 Å². The van der Waals surface area contributed by atoms with Crippen molar-refractivity contribution in [2.75, 3.05) is 18.1 Å². The molecule has 0 bridgehead atoms. The Hall–Kier alpha value is -5.21. The molecule has 0 aromatic heterocycles. The lowest BCUT2D eigenvalue weighted by atomic mass is 9.94. The zero-order valence-electron chi connectivity index (χ0n) is 23.4. The summed E-state index contributed by atoms with van der Waals surface area (Å²) in [5.74, 6) is 0.119. The number of esters is 1. The third kappa shape index (κ3) is 6.34. The van der Waals surface area contributed by atoms with Crippen LogP contribution in [0.3, 0.4) is 0 Å². The molecular formula is C35H30N2O6. The first-order valence-electron chi connectivity index (χ1n) is 14.1. The molecule has 2 N–H and O–H groups in total. The number of nitrogens with zero attached hydrogens (tertiary/aromatic N) is 1. The van der Waals surface area contributed by atoms with Gasteiger partial charge < -0.3 is 24.8 Å². The predicted molar refractivity (Wildman–Crippen MR) is 162 cm³/mol. The molecule has 0 spiro atoms. The third-order valence-electron chi connectivity index (χ3n) is 7.54. The van der Waals surface area contributed by atoms with Crippen molar-refractivity contribution in [2.24, 2.45) is 0 Å². The SMILES string of the molecule is O=C(COc1ccc(C(=O)Oc2ccc(CO)cc2)cc1)NCCC(=O)N1Cc2ccccc2C2C=C2c2ccccc21. The maximum Gasteiger partial charge on any atom is 0.343 e. The Morgan fingerprint density at radius 2 is 1.58 bits per heavy atom. The first-order chi connectivity index (χ1) is 21.0. The average Bonchev–Trinajstić information content (AvgIpc) is 3.83. The Kier molecular flexibility index (Phi) is 8.02. The first kappa shape index (κ1) is 27.9. The van der Waals surface area contributed by atoms with Crippen LogP contribution in [0, 0.1) is 0 Å². The summed E-state index contributed by atoms with van der Waals surface area (Å²) in [6.07, 6.45) is 2.38. The van der Waals surface area contributed by atoms with Gasteiger partial charge in [-0.05, 0) is 64.7 Å². The summed E-state index contributed by atoms with van der Waals surface area (Å²) >= 11 is 0. The van der Waals surface area contributed by atoms with E-state index in [2.05, 4.69) is 29.6 Å². The number of rotatable bonds is 9. The van der Waals surface area contributed by atoms with Crippen molar-refractivity contribution in [3.8, 4) is 11.5 Å². The Balaban J connectivity index is 0.994. The maximum atomic E-state index is 13.4. The quantitative estimate of drug-likeness (QED) is 0.215. The number of para-hydroxylation sites is 1. The zero-order valence-corrected chi connectivity index (χ0v) is 23.4. The molecule has 8 heteroatoms. The van der Waals surface area contributed by atoms with Gasteiger partial charge in [0, 0.05) is 24.4 Å². The lowest BCUT2D eigenvalue weighted by Gasteiger charge is -2.28. The summed E-state index contributed by atoms with van der Waals surface area (Å²) in [6.45, 7) is 0.329. The third-order valence-corrected chi connectivity index (χ3v) is 7.54. The van der Waals surface area contributed by atoms with E-state index in [1.807, 2.05) is 35.2 Å². The lowest BCUT2D eigenvalue weighted by Crippen LogP contribution is -2.36. The molecule has 2 aliphatic rings. The van der Waals surface area contributed by atoms with Crippen molar-refractivity contribution in [1.29, 1.82) is 0 Å². The van der Waals surface area contributed by atoms with Crippen LogP contribution in [0.4, 0.5) is 5.69 Å². The molecule has 1 unspecified atom stereocenters. The molecule has 4 aromatic rings. The number of fused-ring (bicyclic) bond motifs is 5. The minimum atomic E-state index is -0.537. The minimum absolute atomic E-state index is 0.0741. The largest absolute Gasteiger partial charge is 0.484 e. The average molecular weight is 575 g/mol. The number of carbonyl (C=O) groups is 3. The van der Waals surface area contributed by atoms with Crippen molar-refractivity contribution >= 4 is 29.0 Å². The summed E-state index contributed by atoms with van der Waals surface area (Å²) in [6, 6.07) is 29.0. The van der Waals surface area contributed by atoms with Gasteiger partial charge >= 0.3 is 5.97 Å². The van der Waals surface area contributed by atoms with E-state index in [1.54, 1.807) is 48.5 Å². The molecule has 0 saturated heterocycles.